The van der Waals surface area contributed by atoms with Crippen LogP contribution in [0.5, 0.6) is 0 Å². The van der Waals surface area contributed by atoms with Crippen molar-refractivity contribution in [3.63, 3.8) is 0 Å². The summed E-state index contributed by atoms with van der Waals surface area (Å²) >= 11 is 5.84. The molecule has 0 unspecified atom stereocenters. The third-order valence-corrected chi connectivity index (χ3v) is 2.96. The number of rotatable bonds is 2. The predicted octanol–water partition coefficient (Wildman–Crippen LogP) is 4.05. The van der Waals surface area contributed by atoms with Gasteiger partial charge in [-0.15, -0.1) is 4.91 Å². The summed E-state index contributed by atoms with van der Waals surface area (Å²) in [5.74, 6) is 0.299. The summed E-state index contributed by atoms with van der Waals surface area (Å²) in [7, 11) is 0. The molecule has 0 spiro atoms. The summed E-state index contributed by atoms with van der Waals surface area (Å²) in [5.41, 5.74) is 2.07. The molecular formula is C13H8ClN3O. The second-order valence-electron chi connectivity index (χ2n) is 3.81. The van der Waals surface area contributed by atoms with Gasteiger partial charge in [0, 0.05) is 16.8 Å². The molecule has 0 atom stereocenters. The Labute approximate surface area is 108 Å². The molecule has 0 saturated carbocycles. The second-order valence-corrected chi connectivity index (χ2v) is 4.25. The van der Waals surface area contributed by atoms with E-state index in [4.69, 9.17) is 11.6 Å². The molecule has 0 saturated heterocycles. The van der Waals surface area contributed by atoms with E-state index in [1.165, 1.54) is 0 Å². The highest BCUT2D eigenvalue weighted by molar-refractivity contribution is 6.30. The summed E-state index contributed by atoms with van der Waals surface area (Å²) in [5, 5.41) is 3.72. The summed E-state index contributed by atoms with van der Waals surface area (Å²) in [6, 6.07) is 12.7. The van der Waals surface area contributed by atoms with Crippen LogP contribution in [-0.4, -0.2) is 9.38 Å². The fourth-order valence-electron chi connectivity index (χ4n) is 1.87. The van der Waals surface area contributed by atoms with Crippen molar-refractivity contribution in [3.8, 4) is 11.3 Å². The minimum Gasteiger partial charge on any atom is -0.281 e. The second kappa shape index (κ2) is 4.23. The lowest BCUT2D eigenvalue weighted by molar-refractivity contribution is 1.16. The number of halogens is 1. The minimum absolute atomic E-state index is 0.299. The van der Waals surface area contributed by atoms with Crippen LogP contribution >= 0.6 is 11.6 Å². The summed E-state index contributed by atoms with van der Waals surface area (Å²) < 4.78 is 1.66. The van der Waals surface area contributed by atoms with Gasteiger partial charge >= 0.3 is 0 Å². The average Bonchev–Trinajstić information content (AvgIpc) is 2.78. The van der Waals surface area contributed by atoms with Gasteiger partial charge in [0.15, 0.2) is 0 Å². The van der Waals surface area contributed by atoms with Gasteiger partial charge in [0.2, 0.25) is 5.82 Å². The van der Waals surface area contributed by atoms with Crippen LogP contribution in [0, 0.1) is 4.91 Å². The number of fused-ring (bicyclic) bond motifs is 1. The quantitative estimate of drug-likeness (QED) is 0.650. The van der Waals surface area contributed by atoms with Crippen molar-refractivity contribution in [1.29, 1.82) is 0 Å². The average molecular weight is 258 g/mol. The van der Waals surface area contributed by atoms with Gasteiger partial charge < -0.3 is 0 Å². The van der Waals surface area contributed by atoms with E-state index in [1.54, 1.807) is 22.7 Å². The normalized spacial score (nSPS) is 10.7. The van der Waals surface area contributed by atoms with Crippen molar-refractivity contribution in [3.05, 3.63) is 58.6 Å². The maximum absolute atomic E-state index is 11.0. The van der Waals surface area contributed by atoms with E-state index in [-0.39, 0.29) is 0 Å². The first-order valence-electron chi connectivity index (χ1n) is 5.36. The van der Waals surface area contributed by atoms with Gasteiger partial charge in [0.1, 0.15) is 11.3 Å². The molecule has 0 radical (unpaired) electrons. The molecule has 0 amide bonds. The Morgan fingerprint density at radius 1 is 1.11 bits per heavy atom. The lowest BCUT2D eigenvalue weighted by Crippen LogP contribution is -1.80. The number of hydrogen-bond donors (Lipinski definition) is 0. The van der Waals surface area contributed by atoms with Crippen LogP contribution in [0.2, 0.25) is 5.02 Å². The molecule has 2 aromatic heterocycles. The Bertz CT molecular complexity index is 719. The highest BCUT2D eigenvalue weighted by atomic mass is 35.5. The first-order chi connectivity index (χ1) is 8.79. The van der Waals surface area contributed by atoms with Crippen molar-refractivity contribution in [2.75, 3.05) is 0 Å². The standard InChI is InChI=1S/C13H8ClN3O/c14-10-6-4-9(5-7-10)12-13(16-18)17-8-2-1-3-11(17)15-12/h1-8H. The molecule has 0 aliphatic carbocycles. The molecule has 3 rings (SSSR count). The molecule has 0 aliphatic rings. The topological polar surface area (TPSA) is 46.7 Å². The van der Waals surface area contributed by atoms with Crippen molar-refractivity contribution in [1.82, 2.24) is 9.38 Å². The molecule has 0 bridgehead atoms. The number of nitroso groups, excluding NO2 is 1. The fourth-order valence-corrected chi connectivity index (χ4v) is 2.00. The van der Waals surface area contributed by atoms with E-state index in [2.05, 4.69) is 10.2 Å². The van der Waals surface area contributed by atoms with Crippen molar-refractivity contribution in [2.24, 2.45) is 5.18 Å². The van der Waals surface area contributed by atoms with Crippen LogP contribution in [0.25, 0.3) is 16.9 Å². The van der Waals surface area contributed by atoms with Gasteiger partial charge in [-0.3, -0.25) is 4.40 Å². The largest absolute Gasteiger partial charge is 0.281 e. The zero-order valence-electron chi connectivity index (χ0n) is 9.25. The third kappa shape index (κ3) is 1.67. The van der Waals surface area contributed by atoms with E-state index in [0.29, 0.717) is 22.2 Å². The van der Waals surface area contributed by atoms with Gasteiger partial charge in [-0.2, -0.15) is 0 Å². The maximum atomic E-state index is 11.0. The number of aromatic nitrogens is 2. The van der Waals surface area contributed by atoms with Gasteiger partial charge in [0.25, 0.3) is 0 Å². The Hall–Kier alpha value is -2.20. The predicted molar refractivity (Wildman–Crippen MR) is 71.1 cm³/mol. The molecule has 4 nitrogen and oxygen atoms in total. The highest BCUT2D eigenvalue weighted by Crippen LogP contribution is 2.31. The van der Waals surface area contributed by atoms with Crippen molar-refractivity contribution < 1.29 is 0 Å². The first kappa shape index (κ1) is 10.9. The molecular weight excluding hydrogens is 250 g/mol. The smallest absolute Gasteiger partial charge is 0.209 e. The Kier molecular flexibility index (Phi) is 2.57. The molecule has 18 heavy (non-hydrogen) atoms. The fraction of sp³-hybridized carbons (Fsp3) is 0. The number of imidazole rings is 1. The SMILES string of the molecule is O=Nc1c(-c2ccc(Cl)cc2)nc2ccccn12. The number of hydrogen-bond acceptors (Lipinski definition) is 3. The summed E-state index contributed by atoms with van der Waals surface area (Å²) in [4.78, 5) is 15.4. The zero-order chi connectivity index (χ0) is 12.5. The van der Waals surface area contributed by atoms with E-state index in [9.17, 15) is 4.91 Å². The van der Waals surface area contributed by atoms with E-state index in [0.717, 1.165) is 5.56 Å². The number of benzene rings is 1. The van der Waals surface area contributed by atoms with Crippen LogP contribution in [0.1, 0.15) is 0 Å². The van der Waals surface area contributed by atoms with Crippen LogP contribution in [0.15, 0.2) is 53.8 Å². The Morgan fingerprint density at radius 2 is 1.89 bits per heavy atom. The molecule has 2 heterocycles. The van der Waals surface area contributed by atoms with E-state index >= 15 is 0 Å². The van der Waals surface area contributed by atoms with Crippen LogP contribution in [-0.2, 0) is 0 Å². The highest BCUT2D eigenvalue weighted by Gasteiger charge is 2.13. The Balaban J connectivity index is 2.28. The van der Waals surface area contributed by atoms with E-state index in [1.807, 2.05) is 30.3 Å². The van der Waals surface area contributed by atoms with Crippen LogP contribution in [0.3, 0.4) is 0 Å². The van der Waals surface area contributed by atoms with Crippen LogP contribution in [0.4, 0.5) is 5.82 Å². The van der Waals surface area contributed by atoms with E-state index < -0.39 is 0 Å². The first-order valence-corrected chi connectivity index (χ1v) is 5.74. The molecule has 0 aliphatic heterocycles. The lowest BCUT2D eigenvalue weighted by Gasteiger charge is -1.97. The van der Waals surface area contributed by atoms with Gasteiger partial charge in [0.05, 0.1) is 0 Å². The zero-order valence-corrected chi connectivity index (χ0v) is 10.0. The molecule has 5 heteroatoms. The van der Waals surface area contributed by atoms with Crippen LogP contribution < -0.4 is 0 Å². The van der Waals surface area contributed by atoms with Gasteiger partial charge in [-0.25, -0.2) is 4.98 Å². The van der Waals surface area contributed by atoms with Crippen molar-refractivity contribution >= 4 is 23.1 Å². The minimum atomic E-state index is 0.299. The summed E-state index contributed by atoms with van der Waals surface area (Å²) in [6.07, 6.45) is 1.76. The third-order valence-electron chi connectivity index (χ3n) is 2.71. The van der Waals surface area contributed by atoms with Crippen molar-refractivity contribution in [2.45, 2.75) is 0 Å². The van der Waals surface area contributed by atoms with Gasteiger partial charge in [-0.05, 0) is 29.4 Å². The maximum Gasteiger partial charge on any atom is 0.209 e. The molecule has 88 valence electrons. The lowest BCUT2D eigenvalue weighted by atomic mass is 10.1. The Morgan fingerprint density at radius 3 is 2.61 bits per heavy atom. The number of nitrogens with zero attached hydrogens (tertiary/aromatic N) is 3. The molecule has 1 aromatic carbocycles. The molecule has 0 fully saturated rings. The van der Waals surface area contributed by atoms with Gasteiger partial charge in [-0.1, -0.05) is 29.8 Å². The molecule has 0 N–H and O–H groups in total. The monoisotopic (exact) mass is 257 g/mol. The molecule has 3 aromatic rings. The summed E-state index contributed by atoms with van der Waals surface area (Å²) in [6.45, 7) is 0. The number of pyridine rings is 1.